The summed E-state index contributed by atoms with van der Waals surface area (Å²) >= 11 is 3.58. The third-order valence-corrected chi connectivity index (χ3v) is 3.97. The number of anilines is 1. The van der Waals surface area contributed by atoms with Crippen molar-refractivity contribution in [2.24, 2.45) is 5.92 Å². The van der Waals surface area contributed by atoms with Crippen LogP contribution in [0.25, 0.3) is 10.9 Å². The number of hydrogen-bond acceptors (Lipinski definition) is 2. The zero-order valence-corrected chi connectivity index (χ0v) is 12.9. The van der Waals surface area contributed by atoms with Crippen LogP contribution >= 0.6 is 15.9 Å². The molecule has 0 atom stereocenters. The van der Waals surface area contributed by atoms with Crippen molar-refractivity contribution in [3.05, 3.63) is 33.9 Å². The highest BCUT2D eigenvalue weighted by atomic mass is 79.9. The van der Waals surface area contributed by atoms with E-state index in [1.807, 2.05) is 7.05 Å². The van der Waals surface area contributed by atoms with Gasteiger partial charge in [0.2, 0.25) is 0 Å². The van der Waals surface area contributed by atoms with E-state index < -0.39 is 0 Å². The molecular weight excluding hydrogens is 288 g/mol. The Morgan fingerprint density at radius 1 is 1.33 bits per heavy atom. The molecule has 0 radical (unpaired) electrons. The molecule has 0 fully saturated rings. The Kier molecular flexibility index (Phi) is 3.91. The van der Waals surface area contributed by atoms with Crippen molar-refractivity contribution in [2.75, 3.05) is 12.4 Å². The minimum atomic E-state index is 0.618. The summed E-state index contributed by atoms with van der Waals surface area (Å²) in [7, 11) is 1.96. The van der Waals surface area contributed by atoms with Gasteiger partial charge in [-0.25, -0.2) is 0 Å². The Hall–Kier alpha value is -1.09. The summed E-state index contributed by atoms with van der Waals surface area (Å²) in [6.45, 7) is 6.55. The molecule has 1 aromatic heterocycles. The average molecular weight is 307 g/mol. The van der Waals surface area contributed by atoms with Crippen LogP contribution in [0.3, 0.4) is 0 Å². The smallest absolute Gasteiger partial charge is 0.0766 e. The Balaban J connectivity index is 2.68. The van der Waals surface area contributed by atoms with Crippen molar-refractivity contribution in [1.82, 2.24) is 4.98 Å². The highest BCUT2D eigenvalue weighted by Gasteiger charge is 2.10. The number of benzene rings is 1. The molecule has 2 aromatic rings. The molecule has 1 N–H and O–H groups in total. The molecule has 0 saturated heterocycles. The zero-order valence-electron chi connectivity index (χ0n) is 11.3. The van der Waals surface area contributed by atoms with Gasteiger partial charge in [-0.15, -0.1) is 0 Å². The molecule has 0 aliphatic heterocycles. The summed E-state index contributed by atoms with van der Waals surface area (Å²) in [6, 6.07) is 6.36. The largest absolute Gasteiger partial charge is 0.388 e. The number of hydrogen-bond donors (Lipinski definition) is 1. The molecule has 1 heterocycles. The van der Waals surface area contributed by atoms with Gasteiger partial charge < -0.3 is 5.32 Å². The van der Waals surface area contributed by atoms with E-state index in [4.69, 9.17) is 4.98 Å². The average Bonchev–Trinajstić information content (AvgIpc) is 2.32. The van der Waals surface area contributed by atoms with E-state index in [1.54, 1.807) is 0 Å². The van der Waals surface area contributed by atoms with Crippen LogP contribution < -0.4 is 5.32 Å². The zero-order chi connectivity index (χ0) is 13.3. The molecule has 18 heavy (non-hydrogen) atoms. The van der Waals surface area contributed by atoms with E-state index in [2.05, 4.69) is 60.2 Å². The first-order valence-corrected chi connectivity index (χ1v) is 7.08. The van der Waals surface area contributed by atoms with E-state index >= 15 is 0 Å². The van der Waals surface area contributed by atoms with Crippen LogP contribution in [-0.4, -0.2) is 12.0 Å². The third kappa shape index (κ3) is 2.51. The number of aryl methyl sites for hydroxylation is 1. The Bertz CT molecular complexity index is 576. The summed E-state index contributed by atoms with van der Waals surface area (Å²) in [6.07, 6.45) is 1.01. The lowest BCUT2D eigenvalue weighted by Crippen LogP contribution is -2.01. The summed E-state index contributed by atoms with van der Waals surface area (Å²) in [5.74, 6) is 0.618. The number of rotatable bonds is 3. The van der Waals surface area contributed by atoms with E-state index in [0.29, 0.717) is 5.92 Å². The maximum absolute atomic E-state index is 4.81. The maximum atomic E-state index is 4.81. The van der Waals surface area contributed by atoms with E-state index in [-0.39, 0.29) is 0 Å². The van der Waals surface area contributed by atoms with Crippen molar-refractivity contribution in [3.8, 4) is 0 Å². The summed E-state index contributed by atoms with van der Waals surface area (Å²) in [5.41, 5.74) is 4.61. The molecule has 3 heteroatoms. The van der Waals surface area contributed by atoms with Gasteiger partial charge in [-0.3, -0.25) is 4.98 Å². The SMILES string of the molecule is CNc1cc(CC(C)C)nc2c(C)c(Br)ccc12. The van der Waals surface area contributed by atoms with Gasteiger partial charge in [0.05, 0.1) is 5.52 Å². The van der Waals surface area contributed by atoms with Crippen LogP contribution in [-0.2, 0) is 6.42 Å². The molecule has 96 valence electrons. The van der Waals surface area contributed by atoms with Crippen LogP contribution in [0.15, 0.2) is 22.7 Å². The van der Waals surface area contributed by atoms with Gasteiger partial charge in [0.1, 0.15) is 0 Å². The standard InChI is InChI=1S/C15H19BrN2/c1-9(2)7-11-8-14(17-4)12-5-6-13(16)10(3)15(12)18-11/h5-6,8-9H,7H2,1-4H3,(H,17,18). The summed E-state index contributed by atoms with van der Waals surface area (Å²) < 4.78 is 1.12. The second-order valence-corrected chi connectivity index (χ2v) is 5.93. The molecule has 2 rings (SSSR count). The normalized spacial score (nSPS) is 11.2. The molecule has 1 aromatic carbocycles. The maximum Gasteiger partial charge on any atom is 0.0766 e. The predicted molar refractivity (Wildman–Crippen MR) is 82.3 cm³/mol. The molecule has 0 saturated carbocycles. The van der Waals surface area contributed by atoms with Crippen molar-refractivity contribution in [1.29, 1.82) is 0 Å². The quantitative estimate of drug-likeness (QED) is 0.900. The Morgan fingerprint density at radius 3 is 2.67 bits per heavy atom. The summed E-state index contributed by atoms with van der Waals surface area (Å²) in [5, 5.41) is 4.46. The highest BCUT2D eigenvalue weighted by Crippen LogP contribution is 2.30. The van der Waals surface area contributed by atoms with Gasteiger partial charge in [-0.2, -0.15) is 0 Å². The molecule has 0 unspecified atom stereocenters. The fourth-order valence-electron chi connectivity index (χ4n) is 2.19. The van der Waals surface area contributed by atoms with Gasteiger partial charge in [-0.1, -0.05) is 29.8 Å². The predicted octanol–water partition coefficient (Wildman–Crippen LogP) is 4.55. The van der Waals surface area contributed by atoms with Crippen LogP contribution in [0.1, 0.15) is 25.1 Å². The molecule has 0 bridgehead atoms. The molecule has 0 aliphatic rings. The van der Waals surface area contributed by atoms with Crippen LogP contribution in [0.4, 0.5) is 5.69 Å². The Labute approximate surface area is 117 Å². The molecule has 0 amide bonds. The summed E-state index contributed by atoms with van der Waals surface area (Å²) in [4.78, 5) is 4.81. The van der Waals surface area contributed by atoms with Crippen LogP contribution in [0, 0.1) is 12.8 Å². The van der Waals surface area contributed by atoms with E-state index in [0.717, 1.165) is 27.8 Å². The van der Waals surface area contributed by atoms with Gasteiger partial charge in [0.15, 0.2) is 0 Å². The van der Waals surface area contributed by atoms with Crippen LogP contribution in [0.2, 0.25) is 0 Å². The fourth-order valence-corrected chi connectivity index (χ4v) is 2.51. The van der Waals surface area contributed by atoms with Crippen molar-refractivity contribution >= 4 is 32.5 Å². The first kappa shape index (κ1) is 13.3. The highest BCUT2D eigenvalue weighted by molar-refractivity contribution is 9.10. The lowest BCUT2D eigenvalue weighted by atomic mass is 10.0. The lowest BCUT2D eigenvalue weighted by molar-refractivity contribution is 0.637. The number of nitrogens with one attached hydrogen (secondary N) is 1. The number of nitrogens with zero attached hydrogens (tertiary/aromatic N) is 1. The van der Waals surface area contributed by atoms with Crippen molar-refractivity contribution in [2.45, 2.75) is 27.2 Å². The topological polar surface area (TPSA) is 24.9 Å². The second-order valence-electron chi connectivity index (χ2n) is 5.08. The minimum Gasteiger partial charge on any atom is -0.388 e. The number of halogens is 1. The lowest BCUT2D eigenvalue weighted by Gasteiger charge is -2.13. The Morgan fingerprint density at radius 2 is 2.06 bits per heavy atom. The van der Waals surface area contributed by atoms with E-state index in [1.165, 1.54) is 10.9 Å². The monoisotopic (exact) mass is 306 g/mol. The fraction of sp³-hybridized carbons (Fsp3) is 0.400. The van der Waals surface area contributed by atoms with Crippen molar-refractivity contribution in [3.63, 3.8) is 0 Å². The first-order chi connectivity index (χ1) is 8.52. The van der Waals surface area contributed by atoms with Crippen LogP contribution in [0.5, 0.6) is 0 Å². The van der Waals surface area contributed by atoms with E-state index in [9.17, 15) is 0 Å². The molecule has 0 aliphatic carbocycles. The van der Waals surface area contributed by atoms with Gasteiger partial charge >= 0.3 is 0 Å². The molecular formula is C15H19BrN2. The number of aromatic nitrogens is 1. The first-order valence-electron chi connectivity index (χ1n) is 6.29. The number of pyridine rings is 1. The third-order valence-electron chi connectivity index (χ3n) is 3.11. The molecule has 2 nitrogen and oxygen atoms in total. The van der Waals surface area contributed by atoms with Crippen molar-refractivity contribution < 1.29 is 0 Å². The molecule has 0 spiro atoms. The number of fused-ring (bicyclic) bond motifs is 1. The van der Waals surface area contributed by atoms with Gasteiger partial charge in [-0.05, 0) is 43.0 Å². The second kappa shape index (κ2) is 5.27. The van der Waals surface area contributed by atoms with Gasteiger partial charge in [0, 0.05) is 28.3 Å². The van der Waals surface area contributed by atoms with Gasteiger partial charge in [0.25, 0.3) is 0 Å². The minimum absolute atomic E-state index is 0.618.